The molecule has 2 aromatic carbocycles. The molecule has 0 saturated heterocycles. The largest absolute Gasteiger partial charge is 0.313 e. The SMILES string of the molecule is Cn1c(-c2cccc(Cl)c2)cn2cc(-c3ccccc3)nc12. The van der Waals surface area contributed by atoms with E-state index in [9.17, 15) is 0 Å². The van der Waals surface area contributed by atoms with Crippen LogP contribution in [0, 0.1) is 0 Å². The molecule has 4 rings (SSSR count). The minimum absolute atomic E-state index is 0.737. The molecule has 0 amide bonds. The van der Waals surface area contributed by atoms with Gasteiger partial charge in [0.15, 0.2) is 0 Å². The zero-order valence-corrected chi connectivity index (χ0v) is 12.8. The Kier molecular flexibility index (Phi) is 3.01. The number of imidazole rings is 2. The lowest BCUT2D eigenvalue weighted by Gasteiger charge is -2.03. The number of hydrogen-bond donors (Lipinski definition) is 0. The van der Waals surface area contributed by atoms with Gasteiger partial charge in [-0.1, -0.05) is 54.1 Å². The van der Waals surface area contributed by atoms with Crippen LogP contribution in [0.4, 0.5) is 0 Å². The molecule has 4 aromatic rings. The zero-order valence-electron chi connectivity index (χ0n) is 12.1. The lowest BCUT2D eigenvalue weighted by atomic mass is 10.1. The summed E-state index contributed by atoms with van der Waals surface area (Å²) in [5.41, 5.74) is 4.27. The average Bonchev–Trinajstić information content (AvgIpc) is 3.08. The molecule has 0 bridgehead atoms. The normalized spacial score (nSPS) is 11.2. The maximum Gasteiger partial charge on any atom is 0.214 e. The monoisotopic (exact) mass is 307 g/mol. The summed E-state index contributed by atoms with van der Waals surface area (Å²) < 4.78 is 4.14. The van der Waals surface area contributed by atoms with Gasteiger partial charge < -0.3 is 4.57 Å². The first-order valence-electron chi connectivity index (χ1n) is 7.08. The van der Waals surface area contributed by atoms with E-state index in [0.717, 1.165) is 33.3 Å². The Balaban J connectivity index is 1.84. The predicted molar refractivity (Wildman–Crippen MR) is 90.0 cm³/mol. The number of nitrogens with zero attached hydrogens (tertiary/aromatic N) is 3. The summed E-state index contributed by atoms with van der Waals surface area (Å²) in [5, 5.41) is 0.737. The van der Waals surface area contributed by atoms with Crippen molar-refractivity contribution in [2.45, 2.75) is 0 Å². The molecule has 0 fully saturated rings. The van der Waals surface area contributed by atoms with Crippen molar-refractivity contribution in [2.24, 2.45) is 7.05 Å². The first kappa shape index (κ1) is 13.2. The number of hydrogen-bond acceptors (Lipinski definition) is 1. The molecule has 22 heavy (non-hydrogen) atoms. The third-order valence-corrected chi connectivity index (χ3v) is 4.06. The van der Waals surface area contributed by atoms with Crippen LogP contribution in [0.1, 0.15) is 0 Å². The molecule has 0 radical (unpaired) electrons. The number of aromatic nitrogens is 3. The fourth-order valence-electron chi connectivity index (χ4n) is 2.72. The van der Waals surface area contributed by atoms with Gasteiger partial charge in [-0.05, 0) is 12.1 Å². The van der Waals surface area contributed by atoms with Gasteiger partial charge >= 0.3 is 0 Å². The lowest BCUT2D eigenvalue weighted by Crippen LogP contribution is -1.92. The molecule has 0 aliphatic heterocycles. The van der Waals surface area contributed by atoms with Gasteiger partial charge in [0.1, 0.15) is 0 Å². The number of benzene rings is 2. The molecule has 2 heterocycles. The molecule has 0 saturated carbocycles. The second-order valence-corrected chi connectivity index (χ2v) is 5.72. The first-order chi connectivity index (χ1) is 10.7. The second kappa shape index (κ2) is 5.04. The molecular formula is C18H14ClN3. The van der Waals surface area contributed by atoms with E-state index in [1.165, 1.54) is 0 Å². The maximum absolute atomic E-state index is 6.09. The van der Waals surface area contributed by atoms with Gasteiger partial charge in [0.05, 0.1) is 11.4 Å². The molecule has 4 heteroatoms. The highest BCUT2D eigenvalue weighted by Crippen LogP contribution is 2.26. The molecule has 2 aromatic heterocycles. The molecule has 0 spiro atoms. The summed E-state index contributed by atoms with van der Waals surface area (Å²) in [7, 11) is 2.02. The van der Waals surface area contributed by atoms with E-state index in [1.807, 2.05) is 43.4 Å². The highest BCUT2D eigenvalue weighted by atomic mass is 35.5. The maximum atomic E-state index is 6.09. The van der Waals surface area contributed by atoms with E-state index in [2.05, 4.69) is 39.6 Å². The summed E-state index contributed by atoms with van der Waals surface area (Å²) in [6.45, 7) is 0. The van der Waals surface area contributed by atoms with Crippen molar-refractivity contribution < 1.29 is 0 Å². The number of fused-ring (bicyclic) bond motifs is 1. The molecule has 0 aliphatic rings. The Morgan fingerprint density at radius 3 is 2.41 bits per heavy atom. The van der Waals surface area contributed by atoms with E-state index in [0.29, 0.717) is 0 Å². The number of aryl methyl sites for hydroxylation is 1. The molecular weight excluding hydrogens is 294 g/mol. The van der Waals surface area contributed by atoms with Crippen LogP contribution in [0.15, 0.2) is 67.0 Å². The third kappa shape index (κ3) is 2.11. The zero-order chi connectivity index (χ0) is 15.1. The van der Waals surface area contributed by atoms with Crippen LogP contribution in [0.2, 0.25) is 5.02 Å². The summed E-state index contributed by atoms with van der Waals surface area (Å²) in [6, 6.07) is 18.1. The van der Waals surface area contributed by atoms with Crippen LogP contribution in [-0.2, 0) is 7.05 Å². The third-order valence-electron chi connectivity index (χ3n) is 3.83. The van der Waals surface area contributed by atoms with E-state index in [1.54, 1.807) is 0 Å². The summed E-state index contributed by atoms with van der Waals surface area (Å²) in [6.07, 6.45) is 4.14. The van der Waals surface area contributed by atoms with Crippen molar-refractivity contribution in [3.05, 3.63) is 72.0 Å². The predicted octanol–water partition coefficient (Wildman–Crippen LogP) is 4.66. The highest BCUT2D eigenvalue weighted by Gasteiger charge is 2.12. The molecule has 0 unspecified atom stereocenters. The Morgan fingerprint density at radius 1 is 0.909 bits per heavy atom. The second-order valence-electron chi connectivity index (χ2n) is 5.28. The molecule has 0 aliphatic carbocycles. The van der Waals surface area contributed by atoms with Crippen LogP contribution in [0.3, 0.4) is 0 Å². The van der Waals surface area contributed by atoms with Crippen LogP contribution < -0.4 is 0 Å². The smallest absolute Gasteiger partial charge is 0.214 e. The summed E-state index contributed by atoms with van der Waals surface area (Å²) >= 11 is 6.09. The van der Waals surface area contributed by atoms with Crippen LogP contribution >= 0.6 is 11.6 Å². The van der Waals surface area contributed by atoms with E-state index < -0.39 is 0 Å². The molecule has 0 N–H and O–H groups in total. The number of halogens is 1. The van der Waals surface area contributed by atoms with Crippen molar-refractivity contribution in [3.63, 3.8) is 0 Å². The van der Waals surface area contributed by atoms with Gasteiger partial charge in [-0.25, -0.2) is 4.98 Å². The van der Waals surface area contributed by atoms with Gasteiger partial charge in [0, 0.05) is 35.6 Å². The average molecular weight is 308 g/mol. The Labute approximate surface area is 133 Å². The topological polar surface area (TPSA) is 22.2 Å². The molecule has 0 atom stereocenters. The minimum Gasteiger partial charge on any atom is -0.313 e. The van der Waals surface area contributed by atoms with E-state index in [4.69, 9.17) is 16.6 Å². The van der Waals surface area contributed by atoms with Crippen molar-refractivity contribution in [3.8, 4) is 22.5 Å². The van der Waals surface area contributed by atoms with Gasteiger partial charge in [-0.15, -0.1) is 0 Å². The fraction of sp³-hybridized carbons (Fsp3) is 0.0556. The van der Waals surface area contributed by atoms with E-state index in [-0.39, 0.29) is 0 Å². The summed E-state index contributed by atoms with van der Waals surface area (Å²) in [5.74, 6) is 0.911. The Bertz CT molecular complexity index is 951. The van der Waals surface area contributed by atoms with Gasteiger partial charge in [-0.3, -0.25) is 4.40 Å². The van der Waals surface area contributed by atoms with Crippen LogP contribution in [0.5, 0.6) is 0 Å². The Hall–Kier alpha value is -2.52. The minimum atomic E-state index is 0.737. The fourth-order valence-corrected chi connectivity index (χ4v) is 2.91. The van der Waals surface area contributed by atoms with E-state index >= 15 is 0 Å². The molecule has 3 nitrogen and oxygen atoms in total. The standard InChI is InChI=1S/C18H14ClN3/c1-21-17(14-8-5-9-15(19)10-14)12-22-11-16(20-18(21)22)13-6-3-2-4-7-13/h2-12H,1H3. The van der Waals surface area contributed by atoms with Crippen molar-refractivity contribution >= 4 is 17.4 Å². The number of rotatable bonds is 2. The van der Waals surface area contributed by atoms with Gasteiger partial charge in [0.2, 0.25) is 5.78 Å². The van der Waals surface area contributed by atoms with Crippen molar-refractivity contribution in [1.29, 1.82) is 0 Å². The summed E-state index contributed by atoms with van der Waals surface area (Å²) in [4.78, 5) is 4.74. The van der Waals surface area contributed by atoms with Crippen molar-refractivity contribution in [2.75, 3.05) is 0 Å². The quantitative estimate of drug-likeness (QED) is 0.528. The highest BCUT2D eigenvalue weighted by molar-refractivity contribution is 6.30. The van der Waals surface area contributed by atoms with Crippen LogP contribution in [0.25, 0.3) is 28.3 Å². The Morgan fingerprint density at radius 2 is 1.68 bits per heavy atom. The van der Waals surface area contributed by atoms with Gasteiger partial charge in [-0.2, -0.15) is 0 Å². The van der Waals surface area contributed by atoms with Crippen molar-refractivity contribution in [1.82, 2.24) is 14.0 Å². The molecule has 108 valence electrons. The van der Waals surface area contributed by atoms with Gasteiger partial charge in [0.25, 0.3) is 0 Å². The van der Waals surface area contributed by atoms with Crippen LogP contribution in [-0.4, -0.2) is 14.0 Å². The first-order valence-corrected chi connectivity index (χ1v) is 7.46. The lowest BCUT2D eigenvalue weighted by molar-refractivity contribution is 0.945.